The van der Waals surface area contributed by atoms with Crippen molar-refractivity contribution in [3.05, 3.63) is 24.2 Å². The molecular formula is C18H26N4O. The third kappa shape index (κ3) is 3.40. The van der Waals surface area contributed by atoms with Gasteiger partial charge in [-0.3, -0.25) is 0 Å². The molecule has 0 spiro atoms. The summed E-state index contributed by atoms with van der Waals surface area (Å²) in [7, 11) is 0. The zero-order chi connectivity index (χ0) is 15.5. The zero-order valence-electron chi connectivity index (χ0n) is 13.7. The van der Waals surface area contributed by atoms with Crippen molar-refractivity contribution in [1.82, 2.24) is 19.9 Å². The summed E-state index contributed by atoms with van der Waals surface area (Å²) in [5.74, 6) is 1.88. The second-order valence-electron chi connectivity index (χ2n) is 6.87. The Bertz CT molecular complexity index is 642. The molecule has 2 aliphatic rings. The highest BCUT2D eigenvalue weighted by atomic mass is 16.5. The van der Waals surface area contributed by atoms with Crippen molar-refractivity contribution in [2.45, 2.75) is 51.2 Å². The maximum Gasteiger partial charge on any atom is 0.159 e. The molecule has 1 atom stereocenters. The summed E-state index contributed by atoms with van der Waals surface area (Å²) in [6, 6.07) is 4.05. The molecule has 0 aromatic carbocycles. The van der Waals surface area contributed by atoms with E-state index < -0.39 is 0 Å². The van der Waals surface area contributed by atoms with Gasteiger partial charge < -0.3 is 14.6 Å². The van der Waals surface area contributed by atoms with Gasteiger partial charge in [-0.25, -0.2) is 9.97 Å². The van der Waals surface area contributed by atoms with Crippen LogP contribution >= 0.6 is 0 Å². The lowest BCUT2D eigenvalue weighted by atomic mass is 9.98. The molecule has 5 heteroatoms. The quantitative estimate of drug-likeness (QED) is 0.942. The fourth-order valence-corrected chi connectivity index (χ4v) is 3.85. The van der Waals surface area contributed by atoms with E-state index >= 15 is 0 Å². The smallest absolute Gasteiger partial charge is 0.159 e. The first-order valence-electron chi connectivity index (χ1n) is 9.02. The van der Waals surface area contributed by atoms with Crippen molar-refractivity contribution in [3.8, 4) is 0 Å². The molecule has 2 aliphatic heterocycles. The van der Waals surface area contributed by atoms with Gasteiger partial charge in [-0.05, 0) is 63.2 Å². The third-order valence-electron chi connectivity index (χ3n) is 5.17. The van der Waals surface area contributed by atoms with E-state index in [1.165, 1.54) is 25.7 Å². The van der Waals surface area contributed by atoms with E-state index in [4.69, 9.17) is 9.72 Å². The van der Waals surface area contributed by atoms with Gasteiger partial charge in [0.1, 0.15) is 11.3 Å². The predicted molar refractivity (Wildman–Crippen MR) is 90.4 cm³/mol. The van der Waals surface area contributed by atoms with Crippen LogP contribution in [-0.4, -0.2) is 40.3 Å². The Balaban J connectivity index is 1.60. The normalized spacial score (nSPS) is 23.4. The maximum atomic E-state index is 5.94. The van der Waals surface area contributed by atoms with E-state index in [2.05, 4.69) is 20.9 Å². The predicted octanol–water partition coefficient (Wildman–Crippen LogP) is 2.54. The molecule has 23 heavy (non-hydrogen) atoms. The first-order chi connectivity index (χ1) is 11.4. The highest BCUT2D eigenvalue weighted by molar-refractivity contribution is 5.71. The first-order valence-corrected chi connectivity index (χ1v) is 9.02. The lowest BCUT2D eigenvalue weighted by Crippen LogP contribution is -2.30. The number of nitrogens with one attached hydrogen (secondary N) is 1. The molecule has 2 saturated heterocycles. The molecule has 2 fully saturated rings. The summed E-state index contributed by atoms with van der Waals surface area (Å²) in [4.78, 5) is 9.48. The van der Waals surface area contributed by atoms with E-state index in [0.717, 1.165) is 62.0 Å². The van der Waals surface area contributed by atoms with Crippen molar-refractivity contribution in [2.75, 3.05) is 19.7 Å². The molecule has 124 valence electrons. The van der Waals surface area contributed by atoms with Crippen molar-refractivity contribution >= 4 is 11.2 Å². The van der Waals surface area contributed by atoms with Crippen LogP contribution < -0.4 is 5.32 Å². The summed E-state index contributed by atoms with van der Waals surface area (Å²) in [6.45, 7) is 4.20. The molecule has 0 aliphatic carbocycles. The number of piperidine rings is 1. The Kier molecular flexibility index (Phi) is 4.57. The van der Waals surface area contributed by atoms with Gasteiger partial charge in [0.25, 0.3) is 0 Å². The number of hydrogen-bond acceptors (Lipinski definition) is 4. The van der Waals surface area contributed by atoms with Crippen LogP contribution in [0.1, 0.15) is 37.9 Å². The van der Waals surface area contributed by atoms with E-state index in [-0.39, 0.29) is 0 Å². The van der Waals surface area contributed by atoms with Crippen molar-refractivity contribution in [1.29, 1.82) is 0 Å². The van der Waals surface area contributed by atoms with Crippen LogP contribution in [0.2, 0.25) is 0 Å². The largest absolute Gasteiger partial charge is 0.378 e. The first kappa shape index (κ1) is 15.1. The molecule has 0 radical (unpaired) electrons. The number of fused-ring (bicyclic) bond motifs is 1. The number of ether oxygens (including phenoxy) is 1. The minimum Gasteiger partial charge on any atom is -0.378 e. The minimum absolute atomic E-state index is 0.326. The fraction of sp³-hybridized carbons (Fsp3) is 0.667. The van der Waals surface area contributed by atoms with Crippen molar-refractivity contribution < 1.29 is 4.74 Å². The van der Waals surface area contributed by atoms with E-state index in [1.807, 2.05) is 12.3 Å². The van der Waals surface area contributed by atoms with E-state index in [1.54, 1.807) is 0 Å². The van der Waals surface area contributed by atoms with Crippen LogP contribution in [0.5, 0.6) is 0 Å². The van der Waals surface area contributed by atoms with Gasteiger partial charge in [0, 0.05) is 25.8 Å². The van der Waals surface area contributed by atoms with Crippen LogP contribution in [0.3, 0.4) is 0 Å². The number of rotatable bonds is 4. The molecule has 1 N–H and O–H groups in total. The highest BCUT2D eigenvalue weighted by Crippen LogP contribution is 2.23. The summed E-state index contributed by atoms with van der Waals surface area (Å²) >= 11 is 0. The summed E-state index contributed by atoms with van der Waals surface area (Å²) in [6.07, 6.45) is 9.24. The molecular weight excluding hydrogens is 288 g/mol. The molecule has 4 rings (SSSR count). The molecule has 0 amide bonds. The number of pyridine rings is 1. The molecule has 0 bridgehead atoms. The standard InChI is InChI=1S/C18H26N4O/c1-2-11-23-15(4-1)12-17-21-16-5-3-8-20-18(16)22(17)13-14-6-9-19-10-7-14/h3,5,8,14-15,19H,1-2,4,6-7,9-13H2. The van der Waals surface area contributed by atoms with Crippen LogP contribution in [0, 0.1) is 5.92 Å². The summed E-state index contributed by atoms with van der Waals surface area (Å²) in [5, 5.41) is 3.45. The highest BCUT2D eigenvalue weighted by Gasteiger charge is 2.22. The number of hydrogen-bond donors (Lipinski definition) is 1. The average molecular weight is 314 g/mol. The number of imidazole rings is 1. The van der Waals surface area contributed by atoms with E-state index in [0.29, 0.717) is 6.10 Å². The van der Waals surface area contributed by atoms with E-state index in [9.17, 15) is 0 Å². The van der Waals surface area contributed by atoms with Crippen molar-refractivity contribution in [2.24, 2.45) is 5.92 Å². The Morgan fingerprint density at radius 1 is 1.22 bits per heavy atom. The summed E-state index contributed by atoms with van der Waals surface area (Å²) < 4.78 is 8.30. The molecule has 1 unspecified atom stereocenters. The van der Waals surface area contributed by atoms with Crippen LogP contribution in [0.15, 0.2) is 18.3 Å². The second kappa shape index (κ2) is 6.97. The third-order valence-corrected chi connectivity index (χ3v) is 5.17. The molecule has 5 nitrogen and oxygen atoms in total. The molecule has 2 aromatic rings. The SMILES string of the molecule is c1cnc2c(c1)nc(CC1CCCCO1)n2CC1CCNCC1. The van der Waals surface area contributed by atoms with Crippen molar-refractivity contribution in [3.63, 3.8) is 0 Å². The lowest BCUT2D eigenvalue weighted by molar-refractivity contribution is 0.0151. The maximum absolute atomic E-state index is 5.94. The van der Waals surface area contributed by atoms with Gasteiger partial charge in [0.05, 0.1) is 6.10 Å². The summed E-state index contributed by atoms with van der Waals surface area (Å²) in [5.41, 5.74) is 2.06. The Morgan fingerprint density at radius 2 is 2.13 bits per heavy atom. The van der Waals surface area contributed by atoms with Crippen LogP contribution in [0.4, 0.5) is 0 Å². The van der Waals surface area contributed by atoms with Gasteiger partial charge in [0.2, 0.25) is 0 Å². The average Bonchev–Trinajstić information content (AvgIpc) is 2.94. The monoisotopic (exact) mass is 314 g/mol. The van der Waals surface area contributed by atoms with Gasteiger partial charge in [-0.15, -0.1) is 0 Å². The van der Waals surface area contributed by atoms with Gasteiger partial charge >= 0.3 is 0 Å². The topological polar surface area (TPSA) is 52.0 Å². The second-order valence-corrected chi connectivity index (χ2v) is 6.87. The lowest BCUT2D eigenvalue weighted by Gasteiger charge is -2.25. The van der Waals surface area contributed by atoms with Gasteiger partial charge in [-0.2, -0.15) is 0 Å². The van der Waals surface area contributed by atoms with Gasteiger partial charge in [0.15, 0.2) is 5.65 Å². The van der Waals surface area contributed by atoms with Gasteiger partial charge in [-0.1, -0.05) is 0 Å². The Morgan fingerprint density at radius 3 is 2.96 bits per heavy atom. The van der Waals surface area contributed by atoms with Crippen LogP contribution in [-0.2, 0) is 17.7 Å². The Hall–Kier alpha value is -1.46. The number of aromatic nitrogens is 3. The fourth-order valence-electron chi connectivity index (χ4n) is 3.85. The molecule has 4 heterocycles. The Labute approximate surface area is 137 Å². The molecule has 0 saturated carbocycles. The molecule has 2 aromatic heterocycles. The zero-order valence-corrected chi connectivity index (χ0v) is 13.7. The minimum atomic E-state index is 0.326. The number of nitrogens with zero attached hydrogens (tertiary/aromatic N) is 3. The van der Waals surface area contributed by atoms with Crippen LogP contribution in [0.25, 0.3) is 11.2 Å².